The van der Waals surface area contributed by atoms with Crippen LogP contribution in [0, 0.1) is 12.8 Å². The first-order valence-electron chi connectivity index (χ1n) is 7.47. The summed E-state index contributed by atoms with van der Waals surface area (Å²) in [6.07, 6.45) is 11.5. The molecule has 0 radical (unpaired) electrons. The number of nitrogens with one attached hydrogen (secondary N) is 1. The van der Waals surface area contributed by atoms with E-state index in [2.05, 4.69) is 29.4 Å². The van der Waals surface area contributed by atoms with Crippen molar-refractivity contribution in [3.63, 3.8) is 0 Å². The number of rotatable bonds is 4. The van der Waals surface area contributed by atoms with Gasteiger partial charge in [0, 0.05) is 11.7 Å². The maximum atomic E-state index is 4.35. The van der Waals surface area contributed by atoms with Gasteiger partial charge in [0.15, 0.2) is 0 Å². The lowest BCUT2D eigenvalue weighted by Gasteiger charge is -2.18. The zero-order valence-electron chi connectivity index (χ0n) is 11.8. The minimum atomic E-state index is 0.649. The van der Waals surface area contributed by atoms with Crippen LogP contribution in [0.1, 0.15) is 57.6 Å². The number of hydrogen-bond donors (Lipinski definition) is 1. The summed E-state index contributed by atoms with van der Waals surface area (Å²) in [4.78, 5) is 4.35. The van der Waals surface area contributed by atoms with Gasteiger partial charge in [0.2, 0.25) is 0 Å². The standard InChI is InChI=1S/C16H26N2/c1-3-5-14-6-4-7-15(11-9-14)18-16-10-8-13(2)17-12-16/h8,10,12,14-15,18H,3-7,9,11H2,1-2H3. The van der Waals surface area contributed by atoms with Crippen LogP contribution in [0.3, 0.4) is 0 Å². The highest BCUT2D eigenvalue weighted by molar-refractivity contribution is 5.41. The van der Waals surface area contributed by atoms with Gasteiger partial charge in [-0.2, -0.15) is 0 Å². The molecule has 0 aliphatic heterocycles. The fraction of sp³-hybridized carbons (Fsp3) is 0.688. The predicted molar refractivity (Wildman–Crippen MR) is 77.9 cm³/mol. The second-order valence-electron chi connectivity index (χ2n) is 5.69. The molecular weight excluding hydrogens is 220 g/mol. The van der Waals surface area contributed by atoms with Crippen LogP contribution in [-0.2, 0) is 0 Å². The minimum absolute atomic E-state index is 0.649. The van der Waals surface area contributed by atoms with Crippen LogP contribution in [0.15, 0.2) is 18.3 Å². The van der Waals surface area contributed by atoms with E-state index in [1.807, 2.05) is 13.1 Å². The van der Waals surface area contributed by atoms with Crippen LogP contribution in [0.4, 0.5) is 5.69 Å². The highest BCUT2D eigenvalue weighted by Gasteiger charge is 2.18. The highest BCUT2D eigenvalue weighted by Crippen LogP contribution is 2.28. The molecule has 0 amide bonds. The third-order valence-corrected chi connectivity index (χ3v) is 4.07. The molecule has 1 aliphatic rings. The lowest BCUT2D eigenvalue weighted by molar-refractivity contribution is 0.422. The molecule has 1 N–H and O–H groups in total. The van der Waals surface area contributed by atoms with Gasteiger partial charge in [0.05, 0.1) is 11.9 Å². The van der Waals surface area contributed by atoms with Gasteiger partial charge in [-0.3, -0.25) is 4.98 Å². The van der Waals surface area contributed by atoms with Crippen molar-refractivity contribution < 1.29 is 0 Å². The molecular formula is C16H26N2. The van der Waals surface area contributed by atoms with E-state index < -0.39 is 0 Å². The predicted octanol–water partition coefficient (Wildman–Crippen LogP) is 4.55. The first kappa shape index (κ1) is 13.4. The van der Waals surface area contributed by atoms with Crippen molar-refractivity contribution in [2.24, 2.45) is 5.92 Å². The van der Waals surface area contributed by atoms with Crippen LogP contribution in [0.25, 0.3) is 0 Å². The summed E-state index contributed by atoms with van der Waals surface area (Å²) in [5.74, 6) is 0.970. The van der Waals surface area contributed by atoms with Gasteiger partial charge < -0.3 is 5.32 Å². The quantitative estimate of drug-likeness (QED) is 0.788. The Morgan fingerprint density at radius 2 is 2.11 bits per heavy atom. The summed E-state index contributed by atoms with van der Waals surface area (Å²) in [6, 6.07) is 4.88. The molecule has 100 valence electrons. The molecule has 2 nitrogen and oxygen atoms in total. The van der Waals surface area contributed by atoms with Crippen molar-refractivity contribution in [3.05, 3.63) is 24.0 Å². The zero-order valence-corrected chi connectivity index (χ0v) is 11.8. The fourth-order valence-electron chi connectivity index (χ4n) is 3.01. The van der Waals surface area contributed by atoms with Gasteiger partial charge in [-0.25, -0.2) is 0 Å². The number of nitrogens with zero attached hydrogens (tertiary/aromatic N) is 1. The Morgan fingerprint density at radius 3 is 2.83 bits per heavy atom. The van der Waals surface area contributed by atoms with Crippen LogP contribution >= 0.6 is 0 Å². The molecule has 2 atom stereocenters. The van der Waals surface area contributed by atoms with E-state index >= 15 is 0 Å². The lowest BCUT2D eigenvalue weighted by Crippen LogP contribution is -2.18. The van der Waals surface area contributed by atoms with Gasteiger partial charge >= 0.3 is 0 Å². The summed E-state index contributed by atoms with van der Waals surface area (Å²) in [5.41, 5.74) is 2.27. The molecule has 1 aliphatic carbocycles. The Balaban J connectivity index is 1.84. The van der Waals surface area contributed by atoms with E-state index in [0.717, 1.165) is 11.6 Å². The fourth-order valence-corrected chi connectivity index (χ4v) is 3.01. The summed E-state index contributed by atoms with van der Waals surface area (Å²) in [6.45, 7) is 4.34. The smallest absolute Gasteiger partial charge is 0.0529 e. The third-order valence-electron chi connectivity index (χ3n) is 4.07. The molecule has 2 rings (SSSR count). The first-order chi connectivity index (χ1) is 8.78. The normalized spacial score (nSPS) is 24.6. The number of hydrogen-bond acceptors (Lipinski definition) is 2. The van der Waals surface area contributed by atoms with Crippen molar-refractivity contribution in [1.82, 2.24) is 4.98 Å². The molecule has 18 heavy (non-hydrogen) atoms. The molecule has 1 aromatic heterocycles. The van der Waals surface area contributed by atoms with E-state index in [0.29, 0.717) is 6.04 Å². The Labute approximate surface area is 111 Å². The molecule has 0 spiro atoms. The molecule has 1 saturated carbocycles. The van der Waals surface area contributed by atoms with Gasteiger partial charge in [-0.15, -0.1) is 0 Å². The molecule has 1 fully saturated rings. The Hall–Kier alpha value is -1.05. The van der Waals surface area contributed by atoms with Gasteiger partial charge in [-0.05, 0) is 44.2 Å². The average molecular weight is 246 g/mol. The van der Waals surface area contributed by atoms with Crippen molar-refractivity contribution in [3.8, 4) is 0 Å². The molecule has 0 aromatic carbocycles. The van der Waals surface area contributed by atoms with Crippen molar-refractivity contribution in [2.45, 2.75) is 64.8 Å². The Morgan fingerprint density at radius 1 is 1.22 bits per heavy atom. The van der Waals surface area contributed by atoms with E-state index in [-0.39, 0.29) is 0 Å². The molecule has 0 saturated heterocycles. The molecule has 1 aromatic rings. The molecule has 2 heteroatoms. The van der Waals surface area contributed by atoms with Crippen LogP contribution in [0.2, 0.25) is 0 Å². The minimum Gasteiger partial charge on any atom is -0.381 e. The van der Waals surface area contributed by atoms with Gasteiger partial charge in [0.25, 0.3) is 0 Å². The van der Waals surface area contributed by atoms with Gasteiger partial charge in [-0.1, -0.05) is 32.6 Å². The molecule has 1 heterocycles. The second-order valence-corrected chi connectivity index (χ2v) is 5.69. The highest BCUT2D eigenvalue weighted by atomic mass is 14.9. The summed E-state index contributed by atoms with van der Waals surface area (Å²) < 4.78 is 0. The number of aryl methyl sites for hydroxylation is 1. The summed E-state index contributed by atoms with van der Waals surface area (Å²) >= 11 is 0. The molecule has 0 bridgehead atoms. The second kappa shape index (κ2) is 6.77. The van der Waals surface area contributed by atoms with Crippen LogP contribution in [0.5, 0.6) is 0 Å². The average Bonchev–Trinajstić information content (AvgIpc) is 2.59. The van der Waals surface area contributed by atoms with E-state index in [1.54, 1.807) is 0 Å². The Kier molecular flexibility index (Phi) is 5.03. The van der Waals surface area contributed by atoms with E-state index in [4.69, 9.17) is 0 Å². The summed E-state index contributed by atoms with van der Waals surface area (Å²) in [7, 11) is 0. The van der Waals surface area contributed by atoms with Gasteiger partial charge in [0.1, 0.15) is 0 Å². The maximum absolute atomic E-state index is 4.35. The van der Waals surface area contributed by atoms with Crippen LogP contribution in [-0.4, -0.2) is 11.0 Å². The number of aromatic nitrogens is 1. The topological polar surface area (TPSA) is 24.9 Å². The molecule has 2 unspecified atom stereocenters. The van der Waals surface area contributed by atoms with Crippen molar-refractivity contribution in [2.75, 3.05) is 5.32 Å². The summed E-state index contributed by atoms with van der Waals surface area (Å²) in [5, 5.41) is 3.65. The number of anilines is 1. The maximum Gasteiger partial charge on any atom is 0.0529 e. The van der Waals surface area contributed by atoms with Crippen LogP contribution < -0.4 is 5.32 Å². The third kappa shape index (κ3) is 4.01. The van der Waals surface area contributed by atoms with E-state index in [9.17, 15) is 0 Å². The van der Waals surface area contributed by atoms with Crippen molar-refractivity contribution >= 4 is 5.69 Å². The zero-order chi connectivity index (χ0) is 12.8. The lowest BCUT2D eigenvalue weighted by atomic mass is 9.95. The SMILES string of the molecule is CCCC1CCCC(Nc2ccc(C)nc2)CC1. The number of pyridine rings is 1. The first-order valence-corrected chi connectivity index (χ1v) is 7.47. The largest absolute Gasteiger partial charge is 0.381 e. The Bertz CT molecular complexity index is 345. The van der Waals surface area contributed by atoms with Crippen molar-refractivity contribution in [1.29, 1.82) is 0 Å². The van der Waals surface area contributed by atoms with E-state index in [1.165, 1.54) is 50.6 Å². The monoisotopic (exact) mass is 246 g/mol.